The maximum Gasteiger partial charge on any atom is 0.121 e. The first-order valence-corrected chi connectivity index (χ1v) is 4.92. The third-order valence-electron chi connectivity index (χ3n) is 1.99. The van der Waals surface area contributed by atoms with Crippen LogP contribution in [0.2, 0.25) is 0 Å². The van der Waals surface area contributed by atoms with Gasteiger partial charge in [-0.3, -0.25) is 5.32 Å². The molecule has 0 aliphatic carbocycles. The van der Waals surface area contributed by atoms with Crippen LogP contribution in [0.4, 0.5) is 0 Å². The number of nitriles is 1. The van der Waals surface area contributed by atoms with Gasteiger partial charge in [-0.05, 0) is 18.0 Å². The van der Waals surface area contributed by atoms with Gasteiger partial charge in [-0.15, -0.1) is 0 Å². The minimum Gasteiger partial charge on any atom is -0.298 e. The highest BCUT2D eigenvalue weighted by Crippen LogP contribution is 2.11. The zero-order chi connectivity index (χ0) is 10.4. The summed E-state index contributed by atoms with van der Waals surface area (Å²) in [5, 5.41) is 12.2. The van der Waals surface area contributed by atoms with E-state index >= 15 is 0 Å². The lowest BCUT2D eigenvalue weighted by molar-refractivity contribution is 0.525. The second-order valence-corrected chi connectivity index (χ2v) is 3.77. The summed E-state index contributed by atoms with van der Waals surface area (Å²) in [5.74, 6) is 0.564. The second-order valence-electron chi connectivity index (χ2n) is 3.77. The first-order chi connectivity index (χ1) is 6.74. The molecule has 0 aromatic heterocycles. The third-order valence-corrected chi connectivity index (χ3v) is 1.99. The Hall–Kier alpha value is -1.33. The van der Waals surface area contributed by atoms with Gasteiger partial charge in [0.25, 0.3) is 0 Å². The summed E-state index contributed by atoms with van der Waals surface area (Å²) in [6.45, 7) is 5.13. The van der Waals surface area contributed by atoms with Crippen molar-refractivity contribution in [2.24, 2.45) is 5.92 Å². The summed E-state index contributed by atoms with van der Waals surface area (Å²) >= 11 is 0. The van der Waals surface area contributed by atoms with E-state index in [-0.39, 0.29) is 6.04 Å². The molecular formula is C12H16N2. The van der Waals surface area contributed by atoms with Gasteiger partial charge in [0.2, 0.25) is 0 Å². The Morgan fingerprint density at radius 3 is 2.43 bits per heavy atom. The minimum atomic E-state index is -0.182. The van der Waals surface area contributed by atoms with Crippen molar-refractivity contribution >= 4 is 0 Å². The van der Waals surface area contributed by atoms with Crippen LogP contribution in [0.1, 0.15) is 25.5 Å². The average molecular weight is 188 g/mol. The standard InChI is InChI=1S/C12H16N2/c1-10(2)9-14-12(8-13)11-6-4-3-5-7-11/h3-7,10,12,14H,9H2,1-2H3. The molecule has 14 heavy (non-hydrogen) atoms. The molecule has 0 fully saturated rings. The normalized spacial score (nSPS) is 12.4. The van der Waals surface area contributed by atoms with Crippen LogP contribution in [-0.2, 0) is 0 Å². The van der Waals surface area contributed by atoms with Crippen LogP contribution < -0.4 is 5.32 Å². The molecule has 2 nitrogen and oxygen atoms in total. The molecule has 0 amide bonds. The zero-order valence-corrected chi connectivity index (χ0v) is 8.70. The number of nitrogens with one attached hydrogen (secondary N) is 1. The third kappa shape index (κ3) is 3.20. The van der Waals surface area contributed by atoms with E-state index in [4.69, 9.17) is 5.26 Å². The second kappa shape index (κ2) is 5.41. The molecule has 0 saturated heterocycles. The van der Waals surface area contributed by atoms with E-state index < -0.39 is 0 Å². The van der Waals surface area contributed by atoms with E-state index in [1.807, 2.05) is 30.3 Å². The average Bonchev–Trinajstić information content (AvgIpc) is 2.20. The van der Waals surface area contributed by atoms with Crippen molar-refractivity contribution in [3.8, 4) is 6.07 Å². The van der Waals surface area contributed by atoms with Crippen molar-refractivity contribution in [3.05, 3.63) is 35.9 Å². The van der Waals surface area contributed by atoms with Gasteiger partial charge in [0, 0.05) is 0 Å². The Morgan fingerprint density at radius 1 is 1.29 bits per heavy atom. The van der Waals surface area contributed by atoms with E-state index in [9.17, 15) is 0 Å². The fraction of sp³-hybridized carbons (Fsp3) is 0.417. The van der Waals surface area contributed by atoms with E-state index in [1.54, 1.807) is 0 Å². The van der Waals surface area contributed by atoms with Crippen LogP contribution in [0.25, 0.3) is 0 Å². The summed E-state index contributed by atoms with van der Waals surface area (Å²) in [6, 6.07) is 11.9. The van der Waals surface area contributed by atoms with Crippen molar-refractivity contribution in [3.63, 3.8) is 0 Å². The van der Waals surface area contributed by atoms with Gasteiger partial charge in [0.15, 0.2) is 0 Å². The largest absolute Gasteiger partial charge is 0.298 e. The molecule has 1 aromatic carbocycles. The van der Waals surface area contributed by atoms with Crippen molar-refractivity contribution in [2.75, 3.05) is 6.54 Å². The number of hydrogen-bond donors (Lipinski definition) is 1. The molecule has 0 saturated carbocycles. The molecule has 0 heterocycles. The molecule has 1 rings (SSSR count). The summed E-state index contributed by atoms with van der Waals surface area (Å²) in [4.78, 5) is 0. The summed E-state index contributed by atoms with van der Waals surface area (Å²) < 4.78 is 0. The Balaban J connectivity index is 2.60. The fourth-order valence-corrected chi connectivity index (χ4v) is 1.24. The van der Waals surface area contributed by atoms with Crippen molar-refractivity contribution in [1.29, 1.82) is 5.26 Å². The molecule has 2 heteroatoms. The minimum absolute atomic E-state index is 0.182. The molecule has 1 atom stereocenters. The smallest absolute Gasteiger partial charge is 0.121 e. The van der Waals surface area contributed by atoms with Gasteiger partial charge in [-0.2, -0.15) is 5.26 Å². The summed E-state index contributed by atoms with van der Waals surface area (Å²) in [6.07, 6.45) is 0. The van der Waals surface area contributed by atoms with Crippen LogP contribution in [0, 0.1) is 17.2 Å². The quantitative estimate of drug-likeness (QED) is 0.788. The summed E-state index contributed by atoms with van der Waals surface area (Å²) in [5.41, 5.74) is 1.04. The van der Waals surface area contributed by atoms with Crippen molar-refractivity contribution in [2.45, 2.75) is 19.9 Å². The molecule has 0 spiro atoms. The molecule has 1 aromatic rings. The number of nitrogens with zero attached hydrogens (tertiary/aromatic N) is 1. The topological polar surface area (TPSA) is 35.8 Å². The molecule has 1 unspecified atom stereocenters. The predicted molar refractivity (Wildman–Crippen MR) is 57.6 cm³/mol. The molecular weight excluding hydrogens is 172 g/mol. The van der Waals surface area contributed by atoms with E-state index in [2.05, 4.69) is 25.2 Å². The Kier molecular flexibility index (Phi) is 4.15. The Bertz CT molecular complexity index is 298. The maximum absolute atomic E-state index is 8.98. The first kappa shape index (κ1) is 10.7. The highest BCUT2D eigenvalue weighted by Gasteiger charge is 2.08. The van der Waals surface area contributed by atoms with Gasteiger partial charge in [-0.1, -0.05) is 44.2 Å². The molecule has 0 aliphatic heterocycles. The lowest BCUT2D eigenvalue weighted by Crippen LogP contribution is -2.24. The van der Waals surface area contributed by atoms with Gasteiger partial charge in [0.05, 0.1) is 6.07 Å². The highest BCUT2D eigenvalue weighted by molar-refractivity contribution is 5.23. The van der Waals surface area contributed by atoms with Crippen LogP contribution in [0.5, 0.6) is 0 Å². The molecule has 0 aliphatic rings. The SMILES string of the molecule is CC(C)CNC(C#N)c1ccccc1. The number of rotatable bonds is 4. The Morgan fingerprint density at radius 2 is 1.93 bits per heavy atom. The predicted octanol–water partition coefficient (Wildman–Crippen LogP) is 2.50. The van der Waals surface area contributed by atoms with E-state index in [0.29, 0.717) is 5.92 Å². The van der Waals surface area contributed by atoms with E-state index in [1.165, 1.54) is 0 Å². The van der Waals surface area contributed by atoms with Crippen LogP contribution >= 0.6 is 0 Å². The van der Waals surface area contributed by atoms with Gasteiger partial charge in [-0.25, -0.2) is 0 Å². The monoisotopic (exact) mass is 188 g/mol. The lowest BCUT2D eigenvalue weighted by Gasteiger charge is -2.13. The van der Waals surface area contributed by atoms with Crippen molar-refractivity contribution < 1.29 is 0 Å². The fourth-order valence-electron chi connectivity index (χ4n) is 1.24. The molecule has 0 radical (unpaired) electrons. The van der Waals surface area contributed by atoms with Crippen LogP contribution in [-0.4, -0.2) is 6.54 Å². The lowest BCUT2D eigenvalue weighted by atomic mass is 10.1. The maximum atomic E-state index is 8.98. The number of benzene rings is 1. The molecule has 1 N–H and O–H groups in total. The van der Waals surface area contributed by atoms with Crippen LogP contribution in [0.15, 0.2) is 30.3 Å². The van der Waals surface area contributed by atoms with E-state index in [0.717, 1.165) is 12.1 Å². The summed E-state index contributed by atoms with van der Waals surface area (Å²) in [7, 11) is 0. The van der Waals surface area contributed by atoms with Gasteiger partial charge in [0.1, 0.15) is 6.04 Å². The van der Waals surface area contributed by atoms with Crippen LogP contribution in [0.3, 0.4) is 0 Å². The number of hydrogen-bond acceptors (Lipinski definition) is 2. The Labute approximate surface area is 85.6 Å². The van der Waals surface area contributed by atoms with Crippen molar-refractivity contribution in [1.82, 2.24) is 5.32 Å². The van der Waals surface area contributed by atoms with Gasteiger partial charge >= 0.3 is 0 Å². The van der Waals surface area contributed by atoms with Gasteiger partial charge < -0.3 is 0 Å². The molecule has 74 valence electrons. The zero-order valence-electron chi connectivity index (χ0n) is 8.70. The highest BCUT2D eigenvalue weighted by atomic mass is 14.9. The molecule has 0 bridgehead atoms. The first-order valence-electron chi connectivity index (χ1n) is 4.92.